The minimum absolute atomic E-state index is 0.00328. The van der Waals surface area contributed by atoms with Crippen LogP contribution in [0.2, 0.25) is 0 Å². The van der Waals surface area contributed by atoms with E-state index in [0.29, 0.717) is 38.0 Å². The van der Waals surface area contributed by atoms with Gasteiger partial charge in [0, 0.05) is 37.4 Å². The Hall–Kier alpha value is -2.21. The third-order valence-corrected chi connectivity index (χ3v) is 4.61. The minimum atomic E-state index is -0.785. The van der Waals surface area contributed by atoms with Gasteiger partial charge in [0.25, 0.3) is 5.91 Å². The van der Waals surface area contributed by atoms with Crippen LogP contribution in [0.25, 0.3) is 0 Å². The largest absolute Gasteiger partial charge is 0.388 e. The summed E-state index contributed by atoms with van der Waals surface area (Å²) in [6.07, 6.45) is 6.44. The molecule has 2 aromatic heterocycles. The van der Waals surface area contributed by atoms with Gasteiger partial charge in [-0.05, 0) is 38.8 Å². The molecule has 0 atom stereocenters. The topological polar surface area (TPSA) is 71.2 Å². The number of amides is 1. The quantitative estimate of drug-likeness (QED) is 0.933. The van der Waals surface area contributed by atoms with Gasteiger partial charge in [0.2, 0.25) is 0 Å². The van der Waals surface area contributed by atoms with Crippen molar-refractivity contribution in [3.8, 4) is 0 Å². The fraction of sp³-hybridized carbons (Fsp3) is 0.471. The Labute approximate surface area is 135 Å². The van der Waals surface area contributed by atoms with Gasteiger partial charge in [-0.25, -0.2) is 4.98 Å². The summed E-state index contributed by atoms with van der Waals surface area (Å²) >= 11 is 0. The highest BCUT2D eigenvalue weighted by Gasteiger charge is 2.35. The standard InChI is InChI=1S/C17H22N4O2/c1-13-15(4-3-7-18-13)16(22)20-9-5-17(23,6-10-20)12-21-11-8-19-14(21)2/h3-4,7-8,11,23H,5-6,9-10,12H2,1-2H3. The molecule has 0 radical (unpaired) electrons. The first-order valence-electron chi connectivity index (χ1n) is 7.89. The van der Waals surface area contributed by atoms with E-state index in [1.54, 1.807) is 29.4 Å². The van der Waals surface area contributed by atoms with Crippen LogP contribution in [0.5, 0.6) is 0 Å². The summed E-state index contributed by atoms with van der Waals surface area (Å²) in [6, 6.07) is 3.59. The first-order valence-corrected chi connectivity index (χ1v) is 7.89. The summed E-state index contributed by atoms with van der Waals surface area (Å²) in [6.45, 7) is 5.39. The van der Waals surface area contributed by atoms with Crippen LogP contribution in [-0.2, 0) is 6.54 Å². The number of aryl methyl sites for hydroxylation is 2. The first-order chi connectivity index (χ1) is 11.0. The van der Waals surface area contributed by atoms with Crippen molar-refractivity contribution in [2.24, 2.45) is 0 Å². The SMILES string of the molecule is Cc1ncccc1C(=O)N1CCC(O)(Cn2ccnc2C)CC1. The third kappa shape index (κ3) is 3.27. The molecule has 1 saturated heterocycles. The predicted octanol–water partition coefficient (Wildman–Crippen LogP) is 1.56. The lowest BCUT2D eigenvalue weighted by Crippen LogP contribution is -2.48. The van der Waals surface area contributed by atoms with Gasteiger partial charge in [0.1, 0.15) is 5.82 Å². The molecule has 122 valence electrons. The number of nitrogens with zero attached hydrogens (tertiary/aromatic N) is 4. The van der Waals surface area contributed by atoms with Gasteiger partial charge in [-0.1, -0.05) is 0 Å². The average molecular weight is 314 g/mol. The van der Waals surface area contributed by atoms with Crippen molar-refractivity contribution in [2.75, 3.05) is 13.1 Å². The molecule has 0 spiro atoms. The fourth-order valence-corrected chi connectivity index (χ4v) is 3.05. The smallest absolute Gasteiger partial charge is 0.255 e. The van der Waals surface area contributed by atoms with Gasteiger partial charge < -0.3 is 14.6 Å². The Bertz CT molecular complexity index is 702. The molecule has 6 heteroatoms. The Balaban J connectivity index is 1.65. The number of hydrogen-bond acceptors (Lipinski definition) is 4. The predicted molar refractivity (Wildman–Crippen MR) is 86.0 cm³/mol. The van der Waals surface area contributed by atoms with Crippen molar-refractivity contribution >= 4 is 5.91 Å². The van der Waals surface area contributed by atoms with Gasteiger partial charge >= 0.3 is 0 Å². The summed E-state index contributed by atoms with van der Waals surface area (Å²) < 4.78 is 1.96. The normalized spacial score (nSPS) is 17.3. The molecule has 1 N–H and O–H groups in total. The number of likely N-dealkylation sites (tertiary alicyclic amines) is 1. The van der Waals surface area contributed by atoms with Crippen LogP contribution in [0.1, 0.15) is 34.7 Å². The number of imidazole rings is 1. The first kappa shape index (κ1) is 15.7. The van der Waals surface area contributed by atoms with E-state index in [1.165, 1.54) is 0 Å². The van der Waals surface area contributed by atoms with Crippen molar-refractivity contribution < 1.29 is 9.90 Å². The molecule has 0 unspecified atom stereocenters. The van der Waals surface area contributed by atoms with Crippen LogP contribution in [0, 0.1) is 13.8 Å². The zero-order chi connectivity index (χ0) is 16.4. The lowest BCUT2D eigenvalue weighted by molar-refractivity contribution is -0.0296. The second kappa shape index (κ2) is 6.12. The van der Waals surface area contributed by atoms with Gasteiger partial charge in [-0.15, -0.1) is 0 Å². The number of carbonyl (C=O) groups excluding carboxylic acids is 1. The van der Waals surface area contributed by atoms with Crippen LogP contribution in [-0.4, -0.2) is 49.1 Å². The van der Waals surface area contributed by atoms with E-state index in [2.05, 4.69) is 9.97 Å². The second-order valence-corrected chi connectivity index (χ2v) is 6.26. The van der Waals surface area contributed by atoms with Crippen LogP contribution >= 0.6 is 0 Å². The average Bonchev–Trinajstić information content (AvgIpc) is 2.92. The molecular weight excluding hydrogens is 292 g/mol. The summed E-state index contributed by atoms with van der Waals surface area (Å²) in [5.41, 5.74) is 0.599. The molecule has 1 fully saturated rings. The highest BCUT2D eigenvalue weighted by Crippen LogP contribution is 2.26. The summed E-state index contributed by atoms with van der Waals surface area (Å²) in [7, 11) is 0. The molecule has 0 saturated carbocycles. The van der Waals surface area contributed by atoms with Crippen LogP contribution < -0.4 is 0 Å². The van der Waals surface area contributed by atoms with Crippen LogP contribution in [0.15, 0.2) is 30.7 Å². The summed E-state index contributed by atoms with van der Waals surface area (Å²) in [5, 5.41) is 10.8. The fourth-order valence-electron chi connectivity index (χ4n) is 3.05. The van der Waals surface area contributed by atoms with E-state index in [-0.39, 0.29) is 5.91 Å². The van der Waals surface area contributed by atoms with E-state index < -0.39 is 5.60 Å². The lowest BCUT2D eigenvalue weighted by atomic mass is 9.91. The van der Waals surface area contributed by atoms with Crippen LogP contribution in [0.3, 0.4) is 0 Å². The maximum Gasteiger partial charge on any atom is 0.255 e. The number of carbonyl (C=O) groups is 1. The van der Waals surface area contributed by atoms with Gasteiger partial charge in [0.15, 0.2) is 0 Å². The minimum Gasteiger partial charge on any atom is -0.388 e. The molecular formula is C17H22N4O2. The van der Waals surface area contributed by atoms with Crippen molar-refractivity contribution in [2.45, 2.75) is 38.8 Å². The Morgan fingerprint density at radius 1 is 1.26 bits per heavy atom. The van der Waals surface area contributed by atoms with E-state index in [1.807, 2.05) is 24.6 Å². The van der Waals surface area contributed by atoms with Gasteiger partial charge in [-0.3, -0.25) is 9.78 Å². The maximum absolute atomic E-state index is 12.6. The Morgan fingerprint density at radius 3 is 2.61 bits per heavy atom. The summed E-state index contributed by atoms with van der Waals surface area (Å²) in [5.74, 6) is 0.888. The number of aromatic nitrogens is 3. The molecule has 23 heavy (non-hydrogen) atoms. The number of hydrogen-bond donors (Lipinski definition) is 1. The highest BCUT2D eigenvalue weighted by atomic mass is 16.3. The van der Waals surface area contributed by atoms with Crippen LogP contribution in [0.4, 0.5) is 0 Å². The number of piperidine rings is 1. The highest BCUT2D eigenvalue weighted by molar-refractivity contribution is 5.95. The van der Waals surface area contributed by atoms with Crippen molar-refractivity contribution in [1.82, 2.24) is 19.4 Å². The molecule has 2 aromatic rings. The zero-order valence-corrected chi connectivity index (χ0v) is 13.6. The lowest BCUT2D eigenvalue weighted by Gasteiger charge is -2.38. The molecule has 0 aliphatic carbocycles. The Morgan fingerprint density at radius 2 is 2.00 bits per heavy atom. The number of aliphatic hydroxyl groups is 1. The second-order valence-electron chi connectivity index (χ2n) is 6.26. The Kier molecular flexibility index (Phi) is 4.17. The van der Waals surface area contributed by atoms with E-state index in [9.17, 15) is 9.90 Å². The summed E-state index contributed by atoms with van der Waals surface area (Å²) in [4.78, 5) is 22.8. The third-order valence-electron chi connectivity index (χ3n) is 4.61. The molecule has 0 aromatic carbocycles. The zero-order valence-electron chi connectivity index (χ0n) is 13.6. The number of pyridine rings is 1. The number of rotatable bonds is 3. The van der Waals surface area contributed by atoms with E-state index in [4.69, 9.17) is 0 Å². The van der Waals surface area contributed by atoms with Crippen molar-refractivity contribution in [1.29, 1.82) is 0 Å². The monoisotopic (exact) mass is 314 g/mol. The molecule has 6 nitrogen and oxygen atoms in total. The van der Waals surface area contributed by atoms with E-state index in [0.717, 1.165) is 11.5 Å². The van der Waals surface area contributed by atoms with Gasteiger partial charge in [-0.2, -0.15) is 0 Å². The van der Waals surface area contributed by atoms with E-state index >= 15 is 0 Å². The van der Waals surface area contributed by atoms with Gasteiger partial charge in [0.05, 0.1) is 17.7 Å². The maximum atomic E-state index is 12.6. The molecule has 3 rings (SSSR count). The molecule has 1 amide bonds. The molecule has 1 aliphatic heterocycles. The van der Waals surface area contributed by atoms with Crippen molar-refractivity contribution in [3.05, 3.63) is 47.8 Å². The van der Waals surface area contributed by atoms with Crippen molar-refractivity contribution in [3.63, 3.8) is 0 Å². The molecule has 0 bridgehead atoms. The molecule has 3 heterocycles. The molecule has 1 aliphatic rings.